The zero-order chi connectivity index (χ0) is 15.5. The van der Waals surface area contributed by atoms with Gasteiger partial charge < -0.3 is 5.11 Å². The zero-order valence-corrected chi connectivity index (χ0v) is 14.6. The predicted octanol–water partition coefficient (Wildman–Crippen LogP) is 4.57. The number of hydrogen-bond acceptors (Lipinski definition) is 2. The maximum atomic E-state index is 11.7. The Hall–Kier alpha value is -0.580. The van der Waals surface area contributed by atoms with Gasteiger partial charge in [-0.3, -0.25) is 9.69 Å². The molecule has 1 unspecified atom stereocenters. The minimum absolute atomic E-state index is 0.588. The van der Waals surface area contributed by atoms with Gasteiger partial charge in [0.25, 0.3) is 0 Å². The zero-order valence-electron chi connectivity index (χ0n) is 12.2. The van der Waals surface area contributed by atoms with E-state index >= 15 is 0 Å². The van der Waals surface area contributed by atoms with Crippen LogP contribution in [0.4, 0.5) is 0 Å². The molecule has 1 fully saturated rings. The number of carbonyl (C=O) groups is 1. The van der Waals surface area contributed by atoms with Gasteiger partial charge in [-0.2, -0.15) is 0 Å². The molecule has 1 aromatic rings. The number of benzene rings is 1. The molecule has 1 saturated heterocycles. The lowest BCUT2D eigenvalue weighted by Gasteiger charge is -2.40. The molecule has 5 heteroatoms. The fourth-order valence-corrected chi connectivity index (χ4v) is 3.95. The number of piperidine rings is 1. The number of rotatable bonds is 5. The van der Waals surface area contributed by atoms with Crippen LogP contribution in [0.3, 0.4) is 0 Å². The third kappa shape index (κ3) is 3.99. The highest BCUT2D eigenvalue weighted by Gasteiger charge is 2.41. The Morgan fingerprint density at radius 3 is 2.90 bits per heavy atom. The molecular formula is C16H21BrClNO2. The lowest BCUT2D eigenvalue weighted by atomic mass is 9.76. The second kappa shape index (κ2) is 7.12. The van der Waals surface area contributed by atoms with E-state index in [-0.39, 0.29) is 0 Å². The van der Waals surface area contributed by atoms with E-state index in [1.807, 2.05) is 18.2 Å². The summed E-state index contributed by atoms with van der Waals surface area (Å²) in [6.45, 7) is 4.31. The molecule has 1 N–H and O–H groups in total. The highest BCUT2D eigenvalue weighted by molar-refractivity contribution is 9.10. The van der Waals surface area contributed by atoms with Crippen LogP contribution in [0, 0.1) is 5.41 Å². The molecule has 2 rings (SSSR count). The summed E-state index contributed by atoms with van der Waals surface area (Å²) in [7, 11) is 0. The Morgan fingerprint density at radius 2 is 2.29 bits per heavy atom. The van der Waals surface area contributed by atoms with Crippen molar-refractivity contribution >= 4 is 33.5 Å². The second-order valence-corrected chi connectivity index (χ2v) is 7.21. The minimum Gasteiger partial charge on any atom is -0.481 e. The Kier molecular flexibility index (Phi) is 5.69. The smallest absolute Gasteiger partial charge is 0.310 e. The van der Waals surface area contributed by atoms with Crippen molar-refractivity contribution in [3.8, 4) is 0 Å². The van der Waals surface area contributed by atoms with Crippen LogP contribution < -0.4 is 0 Å². The number of aliphatic carboxylic acids is 1. The number of carboxylic acid groups (broad SMARTS) is 1. The lowest BCUT2D eigenvalue weighted by Crippen LogP contribution is -2.47. The van der Waals surface area contributed by atoms with Gasteiger partial charge in [-0.15, -0.1) is 0 Å². The Balaban J connectivity index is 2.12. The van der Waals surface area contributed by atoms with Gasteiger partial charge in [0, 0.05) is 22.6 Å². The molecule has 21 heavy (non-hydrogen) atoms. The van der Waals surface area contributed by atoms with Gasteiger partial charge in [0.15, 0.2) is 0 Å². The van der Waals surface area contributed by atoms with Crippen molar-refractivity contribution in [2.24, 2.45) is 5.41 Å². The van der Waals surface area contributed by atoms with Crippen LogP contribution in [0.2, 0.25) is 5.02 Å². The molecule has 0 saturated carbocycles. The van der Waals surface area contributed by atoms with Crippen molar-refractivity contribution in [3.05, 3.63) is 33.3 Å². The molecule has 1 aromatic carbocycles. The molecule has 0 radical (unpaired) electrons. The van der Waals surface area contributed by atoms with Crippen LogP contribution in [-0.4, -0.2) is 29.1 Å². The van der Waals surface area contributed by atoms with Crippen LogP contribution in [-0.2, 0) is 11.3 Å². The van der Waals surface area contributed by atoms with Gasteiger partial charge in [-0.05, 0) is 43.5 Å². The van der Waals surface area contributed by atoms with Crippen LogP contribution >= 0.6 is 27.5 Å². The highest BCUT2D eigenvalue weighted by Crippen LogP contribution is 2.36. The van der Waals surface area contributed by atoms with Gasteiger partial charge in [0.1, 0.15) is 0 Å². The summed E-state index contributed by atoms with van der Waals surface area (Å²) in [4.78, 5) is 13.9. The van der Waals surface area contributed by atoms with E-state index in [9.17, 15) is 9.90 Å². The largest absolute Gasteiger partial charge is 0.481 e. The molecule has 3 nitrogen and oxygen atoms in total. The molecule has 1 atom stereocenters. The SMILES string of the molecule is CCCC1(C(=O)O)CCCN(Cc2ccc(Br)cc2Cl)C1. The maximum Gasteiger partial charge on any atom is 0.310 e. The fraction of sp³-hybridized carbons (Fsp3) is 0.562. The lowest BCUT2D eigenvalue weighted by molar-refractivity contribution is -0.153. The molecule has 0 spiro atoms. The number of hydrogen-bond donors (Lipinski definition) is 1. The first-order valence-electron chi connectivity index (χ1n) is 7.36. The van der Waals surface area contributed by atoms with Crippen molar-refractivity contribution in [1.82, 2.24) is 4.90 Å². The van der Waals surface area contributed by atoms with E-state index in [1.165, 1.54) is 0 Å². The van der Waals surface area contributed by atoms with Gasteiger partial charge in [-0.25, -0.2) is 0 Å². The summed E-state index contributed by atoms with van der Waals surface area (Å²) < 4.78 is 0.959. The van der Waals surface area contributed by atoms with Crippen LogP contribution in [0.25, 0.3) is 0 Å². The Labute approximate surface area is 139 Å². The van der Waals surface area contributed by atoms with Crippen molar-refractivity contribution in [2.45, 2.75) is 39.2 Å². The maximum absolute atomic E-state index is 11.7. The second-order valence-electron chi connectivity index (χ2n) is 5.89. The Bertz CT molecular complexity index is 519. The number of likely N-dealkylation sites (tertiary alicyclic amines) is 1. The summed E-state index contributed by atoms with van der Waals surface area (Å²) in [5, 5.41) is 10.4. The topological polar surface area (TPSA) is 40.5 Å². The number of halogens is 2. The molecule has 0 bridgehead atoms. The van der Waals surface area contributed by atoms with Gasteiger partial charge >= 0.3 is 5.97 Å². The molecule has 1 aliphatic rings. The first kappa shape index (κ1) is 16.8. The third-order valence-corrected chi connectivity index (χ3v) is 5.09. The van der Waals surface area contributed by atoms with Crippen molar-refractivity contribution in [2.75, 3.05) is 13.1 Å². The predicted molar refractivity (Wildman–Crippen MR) is 88.6 cm³/mol. The molecule has 0 aromatic heterocycles. The van der Waals surface area contributed by atoms with E-state index in [0.717, 1.165) is 47.3 Å². The van der Waals surface area contributed by atoms with E-state index in [1.54, 1.807) is 0 Å². The van der Waals surface area contributed by atoms with E-state index < -0.39 is 11.4 Å². The summed E-state index contributed by atoms with van der Waals surface area (Å²) in [5.41, 5.74) is 0.465. The molecular weight excluding hydrogens is 354 g/mol. The fourth-order valence-electron chi connectivity index (χ4n) is 3.22. The summed E-state index contributed by atoms with van der Waals surface area (Å²) in [6.07, 6.45) is 3.35. The Morgan fingerprint density at radius 1 is 1.52 bits per heavy atom. The number of carboxylic acids is 1. The molecule has 1 heterocycles. The van der Waals surface area contributed by atoms with Gasteiger partial charge in [-0.1, -0.05) is 46.9 Å². The van der Waals surface area contributed by atoms with Gasteiger partial charge in [0.2, 0.25) is 0 Å². The van der Waals surface area contributed by atoms with Crippen LogP contribution in [0.15, 0.2) is 22.7 Å². The first-order chi connectivity index (χ1) is 9.97. The quantitative estimate of drug-likeness (QED) is 0.820. The van der Waals surface area contributed by atoms with Crippen molar-refractivity contribution in [1.29, 1.82) is 0 Å². The van der Waals surface area contributed by atoms with E-state index in [0.29, 0.717) is 13.1 Å². The number of nitrogens with zero attached hydrogens (tertiary/aromatic N) is 1. The molecule has 1 aliphatic heterocycles. The molecule has 0 amide bonds. The summed E-state index contributed by atoms with van der Waals surface area (Å²) in [5.74, 6) is -0.657. The normalized spacial score (nSPS) is 23.2. The van der Waals surface area contributed by atoms with Gasteiger partial charge in [0.05, 0.1) is 5.41 Å². The summed E-state index contributed by atoms with van der Waals surface area (Å²) in [6, 6.07) is 5.86. The van der Waals surface area contributed by atoms with Crippen molar-refractivity contribution < 1.29 is 9.90 Å². The van der Waals surface area contributed by atoms with E-state index in [4.69, 9.17) is 11.6 Å². The van der Waals surface area contributed by atoms with E-state index in [2.05, 4.69) is 27.8 Å². The molecule has 116 valence electrons. The monoisotopic (exact) mass is 373 g/mol. The van der Waals surface area contributed by atoms with Crippen molar-refractivity contribution in [3.63, 3.8) is 0 Å². The van der Waals surface area contributed by atoms with Crippen LogP contribution in [0.5, 0.6) is 0 Å². The average Bonchev–Trinajstić information content (AvgIpc) is 2.42. The minimum atomic E-state index is -0.657. The first-order valence-corrected chi connectivity index (χ1v) is 8.53. The van der Waals surface area contributed by atoms with Crippen LogP contribution in [0.1, 0.15) is 38.2 Å². The summed E-state index contributed by atoms with van der Waals surface area (Å²) >= 11 is 9.67. The third-order valence-electron chi connectivity index (χ3n) is 4.25. The standard InChI is InChI=1S/C16H21BrClNO2/c1-2-6-16(15(20)21)7-3-8-19(11-16)10-12-4-5-13(17)9-14(12)18/h4-5,9H,2-3,6-8,10-11H2,1H3,(H,20,21). The highest BCUT2D eigenvalue weighted by atomic mass is 79.9. The molecule has 0 aliphatic carbocycles. The average molecular weight is 375 g/mol.